The van der Waals surface area contributed by atoms with Crippen LogP contribution in [-0.4, -0.2) is 28.1 Å². The van der Waals surface area contributed by atoms with Crippen molar-refractivity contribution < 1.29 is 14.1 Å². The number of hydrogen-bond acceptors (Lipinski definition) is 5. The molecule has 0 saturated carbocycles. The van der Waals surface area contributed by atoms with Crippen molar-refractivity contribution in [2.75, 3.05) is 5.32 Å². The third kappa shape index (κ3) is 4.94. The number of benzene rings is 1. The molecule has 0 bridgehead atoms. The van der Waals surface area contributed by atoms with E-state index in [-0.39, 0.29) is 23.9 Å². The lowest BCUT2D eigenvalue weighted by atomic mass is 10.0. The topological polar surface area (TPSA) is 109 Å². The Morgan fingerprint density at radius 3 is 2.43 bits per heavy atom. The molecule has 158 valence electrons. The van der Waals surface area contributed by atoms with Crippen molar-refractivity contribution in [2.24, 2.45) is 0 Å². The maximum Gasteiger partial charge on any atom is 0.319 e. The molecule has 3 N–H and O–H groups in total. The zero-order valence-electron chi connectivity index (χ0n) is 17.9. The Morgan fingerprint density at radius 2 is 1.80 bits per heavy atom. The van der Waals surface area contributed by atoms with Crippen molar-refractivity contribution in [3.8, 4) is 0 Å². The number of nitrogens with zero attached hydrogens (tertiary/aromatic N) is 2. The first kappa shape index (κ1) is 21.3. The number of urea groups is 1. The summed E-state index contributed by atoms with van der Waals surface area (Å²) in [5, 5.41) is 13.1. The Morgan fingerprint density at radius 1 is 1.10 bits per heavy atom. The van der Waals surface area contributed by atoms with E-state index >= 15 is 0 Å². The number of fused-ring (bicyclic) bond motifs is 1. The van der Waals surface area contributed by atoms with E-state index in [4.69, 9.17) is 4.52 Å². The Kier molecular flexibility index (Phi) is 6.34. The second-order valence-electron chi connectivity index (χ2n) is 7.83. The molecule has 0 radical (unpaired) electrons. The summed E-state index contributed by atoms with van der Waals surface area (Å²) in [5.74, 6) is -0.0617. The van der Waals surface area contributed by atoms with Gasteiger partial charge in [-0.1, -0.05) is 31.1 Å². The van der Waals surface area contributed by atoms with Gasteiger partial charge in [-0.2, -0.15) is 0 Å². The Hall–Kier alpha value is -3.42. The molecule has 0 aliphatic rings. The van der Waals surface area contributed by atoms with Crippen molar-refractivity contribution in [2.45, 2.75) is 53.1 Å². The summed E-state index contributed by atoms with van der Waals surface area (Å²) in [6, 6.07) is 8.92. The molecule has 1 aromatic carbocycles. The molecule has 0 atom stereocenters. The highest BCUT2D eigenvalue weighted by Gasteiger charge is 2.19. The van der Waals surface area contributed by atoms with Crippen LogP contribution in [0.5, 0.6) is 0 Å². The van der Waals surface area contributed by atoms with E-state index in [1.807, 2.05) is 39.8 Å². The van der Waals surface area contributed by atoms with E-state index < -0.39 is 0 Å². The molecule has 8 nitrogen and oxygen atoms in total. The molecule has 8 heteroatoms. The Labute approximate surface area is 175 Å². The summed E-state index contributed by atoms with van der Waals surface area (Å²) in [4.78, 5) is 29.1. The Bertz CT molecular complexity index is 1050. The second-order valence-corrected chi connectivity index (χ2v) is 7.83. The summed E-state index contributed by atoms with van der Waals surface area (Å²) >= 11 is 0. The molecule has 2 aromatic heterocycles. The molecule has 2 heterocycles. The predicted octanol–water partition coefficient (Wildman–Crippen LogP) is 4.11. The fraction of sp³-hybridized carbons (Fsp3) is 0.364. The average molecular weight is 409 g/mol. The first-order valence-corrected chi connectivity index (χ1v) is 9.96. The fourth-order valence-electron chi connectivity index (χ4n) is 3.00. The average Bonchev–Trinajstić information content (AvgIpc) is 3.06. The predicted molar refractivity (Wildman–Crippen MR) is 116 cm³/mol. The SMILES string of the molecule is Cc1noc2nc(C(C)C)cc(C(=O)NCc3ccc(NC(=O)NC(C)C)cc3)c12. The molecule has 0 saturated heterocycles. The van der Waals surface area contributed by atoms with Gasteiger partial charge in [0.05, 0.1) is 16.6 Å². The zero-order chi connectivity index (χ0) is 21.8. The van der Waals surface area contributed by atoms with E-state index in [9.17, 15) is 9.59 Å². The number of aryl methyl sites for hydroxylation is 1. The van der Waals surface area contributed by atoms with Crippen LogP contribution in [0.4, 0.5) is 10.5 Å². The van der Waals surface area contributed by atoms with E-state index in [2.05, 4.69) is 26.1 Å². The number of nitrogens with one attached hydrogen (secondary N) is 3. The van der Waals surface area contributed by atoms with Gasteiger partial charge in [0.2, 0.25) is 0 Å². The van der Waals surface area contributed by atoms with Crippen LogP contribution < -0.4 is 16.0 Å². The number of amides is 3. The molecule has 3 amide bonds. The highest BCUT2D eigenvalue weighted by atomic mass is 16.5. The maximum atomic E-state index is 12.9. The minimum Gasteiger partial charge on any atom is -0.348 e. The number of hydrogen-bond donors (Lipinski definition) is 3. The molecule has 0 aliphatic heterocycles. The minimum atomic E-state index is -0.252. The number of rotatable bonds is 6. The number of carbonyl (C=O) groups is 2. The van der Waals surface area contributed by atoms with Crippen LogP contribution in [0.2, 0.25) is 0 Å². The summed E-state index contributed by atoms with van der Waals surface area (Å²) in [6.45, 7) is 9.95. The quantitative estimate of drug-likeness (QED) is 0.567. The lowest BCUT2D eigenvalue weighted by molar-refractivity contribution is 0.0952. The monoisotopic (exact) mass is 409 g/mol. The molecule has 3 aromatic rings. The van der Waals surface area contributed by atoms with E-state index in [1.54, 1.807) is 25.1 Å². The van der Waals surface area contributed by atoms with Crippen molar-refractivity contribution in [1.29, 1.82) is 0 Å². The molecular formula is C22H27N5O3. The van der Waals surface area contributed by atoms with Gasteiger partial charge in [-0.05, 0) is 50.5 Å². The largest absolute Gasteiger partial charge is 0.348 e. The van der Waals surface area contributed by atoms with Gasteiger partial charge >= 0.3 is 6.03 Å². The number of anilines is 1. The lowest BCUT2D eigenvalue weighted by Gasteiger charge is -2.11. The van der Waals surface area contributed by atoms with Crippen LogP contribution in [0, 0.1) is 6.92 Å². The molecule has 0 unspecified atom stereocenters. The highest BCUT2D eigenvalue weighted by Crippen LogP contribution is 2.25. The summed E-state index contributed by atoms with van der Waals surface area (Å²) in [5.41, 5.74) is 3.88. The molecule has 0 aliphatic carbocycles. The van der Waals surface area contributed by atoms with E-state index in [1.165, 1.54) is 0 Å². The first-order chi connectivity index (χ1) is 14.2. The van der Waals surface area contributed by atoms with Gasteiger partial charge in [0.25, 0.3) is 11.6 Å². The lowest BCUT2D eigenvalue weighted by Crippen LogP contribution is -2.34. The molecule has 30 heavy (non-hydrogen) atoms. The summed E-state index contributed by atoms with van der Waals surface area (Å²) in [7, 11) is 0. The van der Waals surface area contributed by atoms with Gasteiger partial charge in [-0.3, -0.25) is 4.79 Å². The van der Waals surface area contributed by atoms with Crippen molar-refractivity contribution in [1.82, 2.24) is 20.8 Å². The van der Waals surface area contributed by atoms with Crippen LogP contribution in [0.3, 0.4) is 0 Å². The smallest absolute Gasteiger partial charge is 0.319 e. The summed E-state index contributed by atoms with van der Waals surface area (Å²) < 4.78 is 5.28. The fourth-order valence-corrected chi connectivity index (χ4v) is 3.00. The van der Waals surface area contributed by atoms with Crippen LogP contribution in [0.15, 0.2) is 34.9 Å². The standard InChI is InChI=1S/C22H27N5O3/c1-12(2)18-10-17(19-14(5)27-30-21(19)26-18)20(28)23-11-15-6-8-16(9-7-15)25-22(29)24-13(3)4/h6-10,12-13H,11H2,1-5H3,(H,23,28)(H2,24,25,29). The third-order valence-electron chi connectivity index (χ3n) is 4.56. The molecular weight excluding hydrogens is 382 g/mol. The number of pyridine rings is 1. The Balaban J connectivity index is 1.70. The van der Waals surface area contributed by atoms with Gasteiger partial charge in [0, 0.05) is 24.0 Å². The van der Waals surface area contributed by atoms with Crippen LogP contribution >= 0.6 is 0 Å². The number of carbonyl (C=O) groups excluding carboxylic acids is 2. The van der Waals surface area contributed by atoms with Gasteiger partial charge < -0.3 is 20.5 Å². The van der Waals surface area contributed by atoms with Crippen molar-refractivity contribution in [3.05, 3.63) is 52.8 Å². The maximum absolute atomic E-state index is 12.9. The van der Waals surface area contributed by atoms with Crippen LogP contribution in [0.25, 0.3) is 11.1 Å². The minimum absolute atomic E-state index is 0.0596. The van der Waals surface area contributed by atoms with Crippen LogP contribution in [-0.2, 0) is 6.54 Å². The van der Waals surface area contributed by atoms with Crippen LogP contribution in [0.1, 0.15) is 60.9 Å². The zero-order valence-corrected chi connectivity index (χ0v) is 17.9. The highest BCUT2D eigenvalue weighted by molar-refractivity contribution is 6.06. The third-order valence-corrected chi connectivity index (χ3v) is 4.56. The van der Waals surface area contributed by atoms with E-state index in [0.717, 1.165) is 11.3 Å². The van der Waals surface area contributed by atoms with Gasteiger partial charge in [0.15, 0.2) is 0 Å². The molecule has 0 spiro atoms. The van der Waals surface area contributed by atoms with Gasteiger partial charge in [0.1, 0.15) is 0 Å². The first-order valence-electron chi connectivity index (χ1n) is 9.96. The summed E-state index contributed by atoms with van der Waals surface area (Å²) in [6.07, 6.45) is 0. The normalized spacial score (nSPS) is 11.2. The molecule has 0 fully saturated rings. The van der Waals surface area contributed by atoms with Crippen molar-refractivity contribution >= 4 is 28.7 Å². The van der Waals surface area contributed by atoms with Gasteiger partial charge in [-0.25, -0.2) is 9.78 Å². The number of aromatic nitrogens is 2. The van der Waals surface area contributed by atoms with Gasteiger partial charge in [-0.15, -0.1) is 0 Å². The van der Waals surface area contributed by atoms with E-state index in [0.29, 0.717) is 34.6 Å². The second kappa shape index (κ2) is 8.94. The van der Waals surface area contributed by atoms with Crippen molar-refractivity contribution in [3.63, 3.8) is 0 Å². The molecule has 3 rings (SSSR count).